The first kappa shape index (κ1) is 16.1. The van der Waals surface area contributed by atoms with Gasteiger partial charge in [-0.25, -0.2) is 0 Å². The second-order valence-corrected chi connectivity index (χ2v) is 9.73. The van der Waals surface area contributed by atoms with E-state index in [1.165, 1.54) is 51.4 Å². The number of hydrogen-bond donors (Lipinski definition) is 2. The van der Waals surface area contributed by atoms with Gasteiger partial charge in [-0.2, -0.15) is 0 Å². The molecule has 0 saturated heterocycles. The van der Waals surface area contributed by atoms with Crippen LogP contribution >= 0.6 is 0 Å². The molecule has 0 aromatic heterocycles. The molecule has 3 fully saturated rings. The summed E-state index contributed by atoms with van der Waals surface area (Å²) in [6, 6.07) is 0. The highest BCUT2D eigenvalue weighted by atomic mass is 16.5. The van der Waals surface area contributed by atoms with Crippen molar-refractivity contribution in [3.8, 4) is 0 Å². The van der Waals surface area contributed by atoms with Gasteiger partial charge in [0.2, 0.25) is 0 Å². The van der Waals surface area contributed by atoms with Gasteiger partial charge in [-0.05, 0) is 86.9 Å². The lowest BCUT2D eigenvalue weighted by atomic mass is 9.47. The SMILES string of the molecule is CC(O)(O)[C@H]1CC[C@H]2[C@@H]3CC=C4CCCC[C@]4(C)[C@H]3CC[C@]12C. The number of hydrogen-bond acceptors (Lipinski definition) is 2. The summed E-state index contributed by atoms with van der Waals surface area (Å²) >= 11 is 0. The van der Waals surface area contributed by atoms with E-state index in [4.69, 9.17) is 0 Å². The Morgan fingerprint density at radius 3 is 2.57 bits per heavy atom. The number of aliphatic hydroxyl groups is 2. The zero-order valence-electron chi connectivity index (χ0n) is 15.1. The largest absolute Gasteiger partial charge is 0.366 e. The molecule has 0 amide bonds. The van der Waals surface area contributed by atoms with Gasteiger partial charge in [0.1, 0.15) is 0 Å². The Labute approximate surface area is 141 Å². The van der Waals surface area contributed by atoms with Crippen molar-refractivity contribution in [2.75, 3.05) is 0 Å². The molecule has 0 aliphatic heterocycles. The third kappa shape index (κ3) is 2.20. The second kappa shape index (κ2) is 5.08. The van der Waals surface area contributed by atoms with Crippen molar-refractivity contribution in [1.29, 1.82) is 0 Å². The molecule has 130 valence electrons. The van der Waals surface area contributed by atoms with Gasteiger partial charge in [-0.1, -0.05) is 31.9 Å². The number of allylic oxidation sites excluding steroid dienone is 2. The first-order chi connectivity index (χ1) is 10.8. The quantitative estimate of drug-likeness (QED) is 0.545. The summed E-state index contributed by atoms with van der Waals surface area (Å²) in [6.07, 6.45) is 14.0. The minimum atomic E-state index is -1.51. The Kier molecular flexibility index (Phi) is 3.57. The second-order valence-electron chi connectivity index (χ2n) is 9.73. The van der Waals surface area contributed by atoms with Crippen LogP contribution in [0.2, 0.25) is 0 Å². The van der Waals surface area contributed by atoms with Gasteiger partial charge >= 0.3 is 0 Å². The normalized spacial score (nSPS) is 49.9. The summed E-state index contributed by atoms with van der Waals surface area (Å²) in [7, 11) is 0. The summed E-state index contributed by atoms with van der Waals surface area (Å²) in [5.41, 5.74) is 2.33. The summed E-state index contributed by atoms with van der Waals surface area (Å²) in [6.45, 7) is 6.52. The molecule has 4 aliphatic carbocycles. The Bertz CT molecular complexity index is 516. The van der Waals surface area contributed by atoms with Crippen LogP contribution < -0.4 is 0 Å². The Morgan fingerprint density at radius 1 is 1.04 bits per heavy atom. The predicted octanol–water partition coefficient (Wildman–Crippen LogP) is 4.66. The van der Waals surface area contributed by atoms with Crippen LogP contribution in [0.3, 0.4) is 0 Å². The van der Waals surface area contributed by atoms with Crippen molar-refractivity contribution < 1.29 is 10.2 Å². The average molecular weight is 319 g/mol. The van der Waals surface area contributed by atoms with Crippen LogP contribution in [0.15, 0.2) is 11.6 Å². The van der Waals surface area contributed by atoms with Gasteiger partial charge in [-0.3, -0.25) is 0 Å². The maximum Gasteiger partial charge on any atom is 0.163 e. The number of rotatable bonds is 1. The van der Waals surface area contributed by atoms with E-state index in [1.54, 1.807) is 12.5 Å². The minimum absolute atomic E-state index is 0.0467. The fourth-order valence-corrected chi connectivity index (χ4v) is 7.60. The molecule has 4 aliphatic rings. The van der Waals surface area contributed by atoms with Crippen LogP contribution in [0.5, 0.6) is 0 Å². The van der Waals surface area contributed by atoms with Crippen molar-refractivity contribution in [1.82, 2.24) is 0 Å². The highest BCUT2D eigenvalue weighted by Crippen LogP contribution is 2.67. The van der Waals surface area contributed by atoms with Crippen molar-refractivity contribution in [2.24, 2.45) is 34.5 Å². The summed E-state index contributed by atoms with van der Waals surface area (Å²) in [5, 5.41) is 20.6. The third-order valence-electron chi connectivity index (χ3n) is 8.68. The Morgan fingerprint density at radius 2 is 1.83 bits per heavy atom. The molecule has 0 bridgehead atoms. The van der Waals surface area contributed by atoms with Gasteiger partial charge in [0, 0.05) is 5.92 Å². The lowest BCUT2D eigenvalue weighted by Gasteiger charge is -2.58. The van der Waals surface area contributed by atoms with Crippen molar-refractivity contribution in [3.05, 3.63) is 11.6 Å². The van der Waals surface area contributed by atoms with Gasteiger partial charge in [0.25, 0.3) is 0 Å². The molecular weight excluding hydrogens is 284 g/mol. The van der Waals surface area contributed by atoms with E-state index in [1.807, 2.05) is 0 Å². The van der Waals surface area contributed by atoms with Gasteiger partial charge in [0.15, 0.2) is 5.79 Å². The Balaban J connectivity index is 1.67. The standard InChI is InChI=1S/C21H34O2/c1-19-12-5-4-6-14(19)7-8-15-16-9-10-18(21(3,22)23)20(16,2)13-11-17(15)19/h7,15-18,22-23H,4-6,8-13H2,1-3H3/t15-,16-,17-,18-,19-,20-/m0/s1. The molecular formula is C21H34O2. The molecule has 4 rings (SSSR count). The first-order valence-corrected chi connectivity index (χ1v) is 9.91. The maximum atomic E-state index is 10.3. The fraction of sp³-hybridized carbons (Fsp3) is 0.905. The molecule has 2 heteroatoms. The van der Waals surface area contributed by atoms with Crippen LogP contribution in [-0.4, -0.2) is 16.0 Å². The van der Waals surface area contributed by atoms with Crippen molar-refractivity contribution >= 4 is 0 Å². The molecule has 0 radical (unpaired) electrons. The molecule has 2 nitrogen and oxygen atoms in total. The van der Waals surface area contributed by atoms with E-state index in [0.717, 1.165) is 18.3 Å². The lowest BCUT2D eigenvalue weighted by molar-refractivity contribution is -0.218. The maximum absolute atomic E-state index is 10.3. The molecule has 23 heavy (non-hydrogen) atoms. The zero-order valence-corrected chi connectivity index (χ0v) is 15.1. The van der Waals surface area contributed by atoms with Crippen molar-refractivity contribution in [2.45, 2.75) is 84.3 Å². The van der Waals surface area contributed by atoms with Crippen LogP contribution in [-0.2, 0) is 0 Å². The molecule has 3 saturated carbocycles. The van der Waals surface area contributed by atoms with E-state index in [-0.39, 0.29) is 11.3 Å². The molecule has 0 heterocycles. The topological polar surface area (TPSA) is 40.5 Å². The number of fused-ring (bicyclic) bond motifs is 5. The van der Waals surface area contributed by atoms with E-state index in [2.05, 4.69) is 19.9 Å². The van der Waals surface area contributed by atoms with Gasteiger partial charge < -0.3 is 10.2 Å². The van der Waals surface area contributed by atoms with Crippen LogP contribution in [0, 0.1) is 34.5 Å². The van der Waals surface area contributed by atoms with Crippen LogP contribution in [0.4, 0.5) is 0 Å². The zero-order chi connectivity index (χ0) is 16.5. The first-order valence-electron chi connectivity index (χ1n) is 9.91. The fourth-order valence-electron chi connectivity index (χ4n) is 7.60. The molecule has 0 aromatic rings. The molecule has 0 spiro atoms. The lowest BCUT2D eigenvalue weighted by Crippen LogP contribution is -2.52. The van der Waals surface area contributed by atoms with Crippen LogP contribution in [0.25, 0.3) is 0 Å². The smallest absolute Gasteiger partial charge is 0.163 e. The highest BCUT2D eigenvalue weighted by molar-refractivity contribution is 5.24. The molecule has 6 atom stereocenters. The molecule has 0 unspecified atom stereocenters. The van der Waals surface area contributed by atoms with E-state index < -0.39 is 5.79 Å². The third-order valence-corrected chi connectivity index (χ3v) is 8.68. The summed E-state index contributed by atoms with van der Waals surface area (Å²) in [5.74, 6) is 0.823. The van der Waals surface area contributed by atoms with E-state index in [9.17, 15) is 10.2 Å². The Hall–Kier alpha value is -0.340. The minimum Gasteiger partial charge on any atom is -0.366 e. The van der Waals surface area contributed by atoms with Crippen molar-refractivity contribution in [3.63, 3.8) is 0 Å². The monoisotopic (exact) mass is 318 g/mol. The highest BCUT2D eigenvalue weighted by Gasteiger charge is 2.60. The summed E-state index contributed by atoms with van der Waals surface area (Å²) in [4.78, 5) is 0. The van der Waals surface area contributed by atoms with Crippen LogP contribution in [0.1, 0.15) is 78.6 Å². The van der Waals surface area contributed by atoms with Gasteiger partial charge in [-0.15, -0.1) is 0 Å². The molecule has 0 aromatic carbocycles. The van der Waals surface area contributed by atoms with E-state index in [0.29, 0.717) is 11.3 Å². The van der Waals surface area contributed by atoms with E-state index >= 15 is 0 Å². The summed E-state index contributed by atoms with van der Waals surface area (Å²) < 4.78 is 0. The average Bonchev–Trinajstić information content (AvgIpc) is 2.84. The molecule has 2 N–H and O–H groups in total. The van der Waals surface area contributed by atoms with Gasteiger partial charge in [0.05, 0.1) is 0 Å². The predicted molar refractivity (Wildman–Crippen MR) is 92.7 cm³/mol.